The van der Waals surface area contributed by atoms with Crippen LogP contribution in [-0.4, -0.2) is 34.0 Å². The third kappa shape index (κ3) is 2.32. The van der Waals surface area contributed by atoms with E-state index in [0.717, 1.165) is 11.3 Å². The van der Waals surface area contributed by atoms with Gasteiger partial charge in [-0.3, -0.25) is 14.5 Å². The zero-order chi connectivity index (χ0) is 12.5. The monoisotopic (exact) mass is 225 g/mol. The van der Waals surface area contributed by atoms with E-state index in [1.165, 1.54) is 0 Å². The second-order valence-corrected chi connectivity index (χ2v) is 4.69. The van der Waals surface area contributed by atoms with Crippen LogP contribution in [0.5, 0.6) is 0 Å². The second kappa shape index (κ2) is 4.37. The fourth-order valence-corrected chi connectivity index (χ4v) is 1.92. The highest BCUT2D eigenvalue weighted by Gasteiger charge is 2.37. The van der Waals surface area contributed by atoms with E-state index in [4.69, 9.17) is 0 Å². The topological polar surface area (TPSA) is 57.6 Å². The lowest BCUT2D eigenvalue weighted by molar-refractivity contribution is -0.141. The minimum absolute atomic E-state index is 0.0766. The first-order chi connectivity index (χ1) is 7.30. The molecule has 0 aromatic carbocycles. The van der Waals surface area contributed by atoms with Gasteiger partial charge in [0.05, 0.1) is 12.1 Å². The highest BCUT2D eigenvalue weighted by Crippen LogP contribution is 2.23. The molecule has 0 saturated carbocycles. The van der Waals surface area contributed by atoms with Gasteiger partial charge < -0.3 is 5.11 Å². The first-order valence-corrected chi connectivity index (χ1v) is 5.56. The van der Waals surface area contributed by atoms with E-state index >= 15 is 0 Å². The maximum Gasteiger partial charge on any atom is 0.256 e. The Kier molecular flexibility index (Phi) is 3.53. The van der Waals surface area contributed by atoms with Crippen LogP contribution in [0.3, 0.4) is 0 Å². The summed E-state index contributed by atoms with van der Waals surface area (Å²) in [6, 6.07) is 0. The van der Waals surface area contributed by atoms with Gasteiger partial charge in [0.25, 0.3) is 11.8 Å². The van der Waals surface area contributed by atoms with Gasteiger partial charge >= 0.3 is 0 Å². The smallest absolute Gasteiger partial charge is 0.256 e. The Hall–Kier alpha value is -1.16. The Balaban J connectivity index is 2.79. The molecule has 4 heteroatoms. The van der Waals surface area contributed by atoms with Crippen molar-refractivity contribution in [1.29, 1.82) is 0 Å². The standard InChI is InChI=1S/C12H19NO3/c1-5-6-12(4,16)7-13-10(14)8(2)9(3)11(13)15/h16H,5-7H2,1-4H3. The van der Waals surface area contributed by atoms with Crippen LogP contribution in [0.25, 0.3) is 0 Å². The van der Waals surface area contributed by atoms with Crippen LogP contribution < -0.4 is 0 Å². The number of β-amino-alcohol motifs (C(OH)–C–C–N with tert-alkyl or cyclic N) is 1. The van der Waals surface area contributed by atoms with Crippen LogP contribution in [-0.2, 0) is 9.59 Å². The molecule has 1 aliphatic heterocycles. The Morgan fingerprint density at radius 1 is 1.19 bits per heavy atom. The number of hydrogen-bond donors (Lipinski definition) is 1. The highest BCUT2D eigenvalue weighted by atomic mass is 16.3. The molecule has 4 nitrogen and oxygen atoms in total. The number of aliphatic hydroxyl groups is 1. The summed E-state index contributed by atoms with van der Waals surface area (Å²) < 4.78 is 0. The molecule has 1 aliphatic rings. The number of carbonyl (C=O) groups excluding carboxylic acids is 2. The maximum atomic E-state index is 11.7. The SMILES string of the molecule is CCCC(C)(O)CN1C(=O)C(C)=C(C)C1=O. The first kappa shape index (κ1) is 12.9. The molecule has 1 rings (SSSR count). The average molecular weight is 225 g/mol. The quantitative estimate of drug-likeness (QED) is 0.732. The molecule has 1 unspecified atom stereocenters. The first-order valence-electron chi connectivity index (χ1n) is 5.56. The highest BCUT2D eigenvalue weighted by molar-refractivity contribution is 6.18. The molecule has 0 aliphatic carbocycles. The molecule has 0 saturated heterocycles. The average Bonchev–Trinajstić information content (AvgIpc) is 2.35. The van der Waals surface area contributed by atoms with Gasteiger partial charge in [-0.2, -0.15) is 0 Å². The lowest BCUT2D eigenvalue weighted by atomic mass is 10.00. The van der Waals surface area contributed by atoms with Crippen LogP contribution in [0, 0.1) is 0 Å². The van der Waals surface area contributed by atoms with Crippen LogP contribution in [0.15, 0.2) is 11.1 Å². The summed E-state index contributed by atoms with van der Waals surface area (Å²) in [5.74, 6) is -0.558. The van der Waals surface area contributed by atoms with Crippen molar-refractivity contribution in [3.63, 3.8) is 0 Å². The van der Waals surface area contributed by atoms with Crippen molar-refractivity contribution in [3.05, 3.63) is 11.1 Å². The molecule has 0 radical (unpaired) electrons. The van der Waals surface area contributed by atoms with Crippen LogP contribution in [0.2, 0.25) is 0 Å². The van der Waals surface area contributed by atoms with Crippen LogP contribution >= 0.6 is 0 Å². The van der Waals surface area contributed by atoms with E-state index < -0.39 is 5.60 Å². The molecule has 0 aromatic rings. The van der Waals surface area contributed by atoms with Gasteiger partial charge in [0, 0.05) is 11.1 Å². The van der Waals surface area contributed by atoms with Gasteiger partial charge in [-0.25, -0.2) is 0 Å². The van der Waals surface area contributed by atoms with Crippen LogP contribution in [0.1, 0.15) is 40.5 Å². The van der Waals surface area contributed by atoms with E-state index in [-0.39, 0.29) is 18.4 Å². The van der Waals surface area contributed by atoms with Gasteiger partial charge in [0.15, 0.2) is 0 Å². The summed E-state index contributed by atoms with van der Waals surface area (Å²) in [7, 11) is 0. The summed E-state index contributed by atoms with van der Waals surface area (Å²) in [6.45, 7) is 6.97. The van der Waals surface area contributed by atoms with Crippen molar-refractivity contribution in [2.45, 2.75) is 46.1 Å². The summed E-state index contributed by atoms with van der Waals surface area (Å²) in [4.78, 5) is 24.6. The largest absolute Gasteiger partial charge is 0.388 e. The molecule has 1 atom stereocenters. The van der Waals surface area contributed by atoms with E-state index in [1.807, 2.05) is 6.92 Å². The Bertz CT molecular complexity index is 331. The minimum Gasteiger partial charge on any atom is -0.388 e. The minimum atomic E-state index is -0.995. The van der Waals surface area contributed by atoms with Gasteiger partial charge in [-0.1, -0.05) is 13.3 Å². The van der Waals surface area contributed by atoms with E-state index in [9.17, 15) is 14.7 Å². The molecule has 0 bridgehead atoms. The number of rotatable bonds is 4. The number of carbonyl (C=O) groups is 2. The van der Waals surface area contributed by atoms with Gasteiger partial charge in [-0.15, -0.1) is 0 Å². The van der Waals surface area contributed by atoms with Crippen molar-refractivity contribution < 1.29 is 14.7 Å². The van der Waals surface area contributed by atoms with E-state index in [2.05, 4.69) is 0 Å². The van der Waals surface area contributed by atoms with E-state index in [0.29, 0.717) is 17.6 Å². The number of imide groups is 1. The Morgan fingerprint density at radius 3 is 2.00 bits per heavy atom. The zero-order valence-corrected chi connectivity index (χ0v) is 10.3. The summed E-state index contributed by atoms with van der Waals surface area (Å²) in [5, 5.41) is 10.0. The normalized spacial score (nSPS) is 20.7. The molecular formula is C12H19NO3. The molecule has 0 fully saturated rings. The van der Waals surface area contributed by atoms with Crippen LogP contribution in [0.4, 0.5) is 0 Å². The predicted octanol–water partition coefficient (Wildman–Crippen LogP) is 1.24. The molecule has 0 spiro atoms. The molecule has 1 N–H and O–H groups in total. The Labute approximate surface area is 95.9 Å². The number of hydrogen-bond acceptors (Lipinski definition) is 3. The van der Waals surface area contributed by atoms with Gasteiger partial charge in [0.1, 0.15) is 0 Å². The van der Waals surface area contributed by atoms with Crippen molar-refractivity contribution in [2.24, 2.45) is 0 Å². The molecule has 16 heavy (non-hydrogen) atoms. The third-order valence-corrected chi connectivity index (χ3v) is 2.98. The predicted molar refractivity (Wildman–Crippen MR) is 60.6 cm³/mol. The van der Waals surface area contributed by atoms with Gasteiger partial charge in [0.2, 0.25) is 0 Å². The fraction of sp³-hybridized carbons (Fsp3) is 0.667. The Morgan fingerprint density at radius 2 is 1.62 bits per heavy atom. The van der Waals surface area contributed by atoms with E-state index in [1.54, 1.807) is 20.8 Å². The second-order valence-electron chi connectivity index (χ2n) is 4.69. The van der Waals surface area contributed by atoms with Gasteiger partial charge in [-0.05, 0) is 27.2 Å². The molecular weight excluding hydrogens is 206 g/mol. The summed E-state index contributed by atoms with van der Waals surface area (Å²) in [6.07, 6.45) is 1.39. The number of nitrogens with zero attached hydrogens (tertiary/aromatic N) is 1. The zero-order valence-electron chi connectivity index (χ0n) is 10.3. The lowest BCUT2D eigenvalue weighted by Crippen LogP contribution is -2.44. The number of amides is 2. The van der Waals surface area contributed by atoms with Crippen molar-refractivity contribution >= 4 is 11.8 Å². The van der Waals surface area contributed by atoms with Crippen molar-refractivity contribution in [3.8, 4) is 0 Å². The van der Waals surface area contributed by atoms with Crippen molar-refractivity contribution in [2.75, 3.05) is 6.54 Å². The molecule has 90 valence electrons. The molecule has 0 aromatic heterocycles. The fourth-order valence-electron chi connectivity index (χ4n) is 1.92. The summed E-state index contributed by atoms with van der Waals surface area (Å²) >= 11 is 0. The van der Waals surface area contributed by atoms with Crippen molar-refractivity contribution in [1.82, 2.24) is 4.90 Å². The molecule has 2 amide bonds. The molecule has 1 heterocycles. The lowest BCUT2D eigenvalue weighted by Gasteiger charge is -2.27. The maximum absolute atomic E-state index is 11.7. The third-order valence-electron chi connectivity index (χ3n) is 2.98. The summed E-state index contributed by atoms with van der Waals surface area (Å²) in [5.41, 5.74) is -0.0279.